The van der Waals surface area contributed by atoms with Gasteiger partial charge >= 0.3 is 5.97 Å². The fraction of sp³-hybridized carbons (Fsp3) is 0.455. The monoisotopic (exact) mass is 223 g/mol. The molecular formula is C11H17N3O2. The van der Waals surface area contributed by atoms with Crippen molar-refractivity contribution in [2.24, 2.45) is 12.8 Å². The topological polar surface area (TPSA) is 70.1 Å². The minimum atomic E-state index is -0.410. The van der Waals surface area contributed by atoms with Crippen molar-refractivity contribution in [3.8, 4) is 0 Å². The third kappa shape index (κ3) is 3.20. The van der Waals surface area contributed by atoms with Gasteiger partial charge in [0, 0.05) is 24.8 Å². The first-order valence-corrected chi connectivity index (χ1v) is 5.19. The number of hydrogen-bond donors (Lipinski definition) is 1. The van der Waals surface area contributed by atoms with Gasteiger partial charge in [0.25, 0.3) is 0 Å². The maximum atomic E-state index is 11.6. The van der Waals surface area contributed by atoms with Crippen molar-refractivity contribution < 1.29 is 9.53 Å². The SMILES string of the molecule is CCOC(=O)c1nn(C)cc1/C=C/C(C)N. The highest BCUT2D eigenvalue weighted by Gasteiger charge is 2.15. The summed E-state index contributed by atoms with van der Waals surface area (Å²) in [4.78, 5) is 11.6. The van der Waals surface area contributed by atoms with Crippen LogP contribution in [-0.4, -0.2) is 28.4 Å². The van der Waals surface area contributed by atoms with Crippen molar-refractivity contribution in [3.63, 3.8) is 0 Å². The second kappa shape index (κ2) is 5.46. The largest absolute Gasteiger partial charge is 0.461 e. The number of nitrogens with zero attached hydrogens (tertiary/aromatic N) is 2. The predicted octanol–water partition coefficient (Wildman–Crippen LogP) is 0.957. The van der Waals surface area contributed by atoms with Crippen LogP contribution in [0.4, 0.5) is 0 Å². The summed E-state index contributed by atoms with van der Waals surface area (Å²) >= 11 is 0. The molecule has 1 rings (SSSR count). The number of carbonyl (C=O) groups is 1. The molecule has 1 atom stereocenters. The molecule has 5 heteroatoms. The molecule has 0 aliphatic carbocycles. The van der Waals surface area contributed by atoms with E-state index in [0.717, 1.165) is 5.56 Å². The molecule has 0 aromatic carbocycles. The van der Waals surface area contributed by atoms with Crippen molar-refractivity contribution in [2.45, 2.75) is 19.9 Å². The summed E-state index contributed by atoms with van der Waals surface area (Å²) in [6.07, 6.45) is 5.34. The van der Waals surface area contributed by atoms with Crippen LogP contribution in [0.2, 0.25) is 0 Å². The van der Waals surface area contributed by atoms with E-state index in [4.69, 9.17) is 10.5 Å². The van der Waals surface area contributed by atoms with Crippen LogP contribution in [0.15, 0.2) is 12.3 Å². The molecule has 2 N–H and O–H groups in total. The van der Waals surface area contributed by atoms with Crippen molar-refractivity contribution in [1.29, 1.82) is 0 Å². The first kappa shape index (κ1) is 12.4. The minimum Gasteiger partial charge on any atom is -0.461 e. The Balaban J connectivity index is 2.95. The van der Waals surface area contributed by atoms with Crippen LogP contribution in [0.3, 0.4) is 0 Å². The fourth-order valence-corrected chi connectivity index (χ4v) is 1.24. The van der Waals surface area contributed by atoms with Crippen molar-refractivity contribution in [1.82, 2.24) is 9.78 Å². The second-order valence-corrected chi connectivity index (χ2v) is 3.55. The van der Waals surface area contributed by atoms with E-state index in [9.17, 15) is 4.79 Å². The van der Waals surface area contributed by atoms with E-state index in [1.807, 2.05) is 6.92 Å². The maximum Gasteiger partial charge on any atom is 0.359 e. The number of aryl methyl sites for hydroxylation is 1. The first-order valence-electron chi connectivity index (χ1n) is 5.19. The predicted molar refractivity (Wildman–Crippen MR) is 61.8 cm³/mol. The lowest BCUT2D eigenvalue weighted by atomic mass is 10.2. The number of hydrogen-bond acceptors (Lipinski definition) is 4. The average Bonchev–Trinajstić information content (AvgIpc) is 2.57. The lowest BCUT2D eigenvalue weighted by Crippen LogP contribution is -2.10. The molecule has 0 spiro atoms. The van der Waals surface area contributed by atoms with E-state index in [1.165, 1.54) is 0 Å². The third-order valence-electron chi connectivity index (χ3n) is 1.91. The summed E-state index contributed by atoms with van der Waals surface area (Å²) in [7, 11) is 1.76. The van der Waals surface area contributed by atoms with Gasteiger partial charge in [-0.15, -0.1) is 0 Å². The van der Waals surface area contributed by atoms with Gasteiger partial charge in [-0.25, -0.2) is 4.79 Å². The molecule has 0 bridgehead atoms. The molecular weight excluding hydrogens is 206 g/mol. The van der Waals surface area contributed by atoms with Gasteiger partial charge in [0.05, 0.1) is 6.61 Å². The quantitative estimate of drug-likeness (QED) is 0.772. The Morgan fingerprint density at radius 3 is 3.00 bits per heavy atom. The van der Waals surface area contributed by atoms with E-state index in [0.29, 0.717) is 12.3 Å². The highest BCUT2D eigenvalue weighted by Crippen LogP contribution is 2.10. The van der Waals surface area contributed by atoms with Gasteiger partial charge in [-0.05, 0) is 13.8 Å². The van der Waals surface area contributed by atoms with Crippen molar-refractivity contribution in [3.05, 3.63) is 23.5 Å². The third-order valence-corrected chi connectivity index (χ3v) is 1.91. The van der Waals surface area contributed by atoms with Gasteiger partial charge in [0.2, 0.25) is 0 Å². The zero-order valence-electron chi connectivity index (χ0n) is 9.80. The van der Waals surface area contributed by atoms with Gasteiger partial charge in [0.1, 0.15) is 0 Å². The molecule has 0 saturated carbocycles. The Morgan fingerprint density at radius 2 is 2.44 bits per heavy atom. The zero-order chi connectivity index (χ0) is 12.1. The second-order valence-electron chi connectivity index (χ2n) is 3.55. The van der Waals surface area contributed by atoms with E-state index in [1.54, 1.807) is 37.0 Å². The minimum absolute atomic E-state index is 0.0600. The van der Waals surface area contributed by atoms with Crippen LogP contribution in [0.5, 0.6) is 0 Å². The number of esters is 1. The van der Waals surface area contributed by atoms with E-state index < -0.39 is 5.97 Å². The molecule has 1 heterocycles. The zero-order valence-corrected chi connectivity index (χ0v) is 9.80. The molecule has 0 aliphatic heterocycles. The number of ether oxygens (including phenoxy) is 1. The first-order chi connectivity index (χ1) is 7.54. The molecule has 0 amide bonds. The average molecular weight is 223 g/mol. The maximum absolute atomic E-state index is 11.6. The molecule has 88 valence electrons. The van der Waals surface area contributed by atoms with E-state index >= 15 is 0 Å². The standard InChI is InChI=1S/C11H17N3O2/c1-4-16-11(15)10-9(6-5-8(2)12)7-14(3)13-10/h5-8H,4,12H2,1-3H3/b6-5+. The Hall–Kier alpha value is -1.62. The molecule has 16 heavy (non-hydrogen) atoms. The van der Waals surface area contributed by atoms with Gasteiger partial charge in [-0.3, -0.25) is 4.68 Å². The Kier molecular flexibility index (Phi) is 4.25. The Labute approximate surface area is 94.9 Å². The number of carbonyl (C=O) groups excluding carboxylic acids is 1. The Bertz CT molecular complexity index is 394. The smallest absolute Gasteiger partial charge is 0.359 e. The van der Waals surface area contributed by atoms with Crippen LogP contribution in [0, 0.1) is 0 Å². The van der Waals surface area contributed by atoms with Crippen LogP contribution in [0.25, 0.3) is 6.08 Å². The van der Waals surface area contributed by atoms with Gasteiger partial charge in [-0.2, -0.15) is 5.10 Å². The number of aromatic nitrogens is 2. The van der Waals surface area contributed by atoms with E-state index in [2.05, 4.69) is 5.10 Å². The number of rotatable bonds is 4. The molecule has 0 saturated heterocycles. The summed E-state index contributed by atoms with van der Waals surface area (Å²) in [5, 5.41) is 4.06. The van der Waals surface area contributed by atoms with Crippen LogP contribution in [-0.2, 0) is 11.8 Å². The summed E-state index contributed by atoms with van der Waals surface area (Å²) in [5.41, 5.74) is 6.64. The van der Waals surface area contributed by atoms with Crippen LogP contribution >= 0.6 is 0 Å². The van der Waals surface area contributed by atoms with Crippen LogP contribution in [0.1, 0.15) is 29.9 Å². The van der Waals surface area contributed by atoms with Crippen LogP contribution < -0.4 is 5.73 Å². The van der Waals surface area contributed by atoms with E-state index in [-0.39, 0.29) is 6.04 Å². The normalized spacial score (nSPS) is 13.0. The molecule has 5 nitrogen and oxygen atoms in total. The van der Waals surface area contributed by atoms with Gasteiger partial charge in [0.15, 0.2) is 5.69 Å². The molecule has 1 aromatic rings. The van der Waals surface area contributed by atoms with Gasteiger partial charge in [-0.1, -0.05) is 12.2 Å². The summed E-state index contributed by atoms with van der Waals surface area (Å²) < 4.78 is 6.49. The summed E-state index contributed by atoms with van der Waals surface area (Å²) in [5.74, 6) is -0.410. The Morgan fingerprint density at radius 1 is 1.75 bits per heavy atom. The molecule has 1 unspecified atom stereocenters. The summed E-state index contributed by atoms with van der Waals surface area (Å²) in [6, 6.07) is -0.0600. The molecule has 0 fully saturated rings. The molecule has 0 radical (unpaired) electrons. The van der Waals surface area contributed by atoms with Crippen molar-refractivity contribution >= 4 is 12.0 Å². The fourth-order valence-electron chi connectivity index (χ4n) is 1.24. The van der Waals surface area contributed by atoms with Gasteiger partial charge < -0.3 is 10.5 Å². The van der Waals surface area contributed by atoms with Crippen molar-refractivity contribution in [2.75, 3.05) is 6.61 Å². The highest BCUT2D eigenvalue weighted by molar-refractivity contribution is 5.91. The molecule has 0 aliphatic rings. The number of nitrogens with two attached hydrogens (primary N) is 1. The molecule has 1 aromatic heterocycles. The lowest BCUT2D eigenvalue weighted by molar-refractivity contribution is 0.0518. The highest BCUT2D eigenvalue weighted by atomic mass is 16.5. The lowest BCUT2D eigenvalue weighted by Gasteiger charge is -1.99. The summed E-state index contributed by atoms with van der Waals surface area (Å²) in [6.45, 7) is 3.96.